The molecule has 0 saturated heterocycles. The van der Waals surface area contributed by atoms with Crippen molar-refractivity contribution in [3.63, 3.8) is 0 Å². The van der Waals surface area contributed by atoms with Gasteiger partial charge in [-0.1, -0.05) is 41.9 Å². The second-order valence-corrected chi connectivity index (χ2v) is 6.12. The van der Waals surface area contributed by atoms with Gasteiger partial charge < -0.3 is 4.57 Å². The molecule has 0 amide bonds. The molecule has 112 valence electrons. The summed E-state index contributed by atoms with van der Waals surface area (Å²) in [5.41, 5.74) is 0.479. The van der Waals surface area contributed by atoms with Gasteiger partial charge in [0.1, 0.15) is 5.82 Å². The second-order valence-electron chi connectivity index (χ2n) is 4.33. The standard InChI is InChI=1S/C14H15Cl2N3OS/c1-3-13-17-18-14(19(13)4-2)21-8-12(20)10-6-5-9(15)7-11(10)16/h5-7H,3-4,8H2,1-2H3. The minimum atomic E-state index is -0.0506. The van der Waals surface area contributed by atoms with E-state index in [1.165, 1.54) is 11.8 Å². The van der Waals surface area contributed by atoms with Crippen LogP contribution in [0.25, 0.3) is 0 Å². The smallest absolute Gasteiger partial charge is 0.191 e. The average molecular weight is 344 g/mol. The van der Waals surface area contributed by atoms with Gasteiger partial charge in [0, 0.05) is 23.6 Å². The van der Waals surface area contributed by atoms with Gasteiger partial charge in [0.25, 0.3) is 0 Å². The Morgan fingerprint density at radius 2 is 2.05 bits per heavy atom. The number of aromatic nitrogens is 3. The number of halogens is 2. The Bertz CT molecular complexity index is 658. The molecule has 1 aromatic carbocycles. The summed E-state index contributed by atoms with van der Waals surface area (Å²) in [6, 6.07) is 4.88. The zero-order valence-corrected chi connectivity index (χ0v) is 14.1. The Labute approximate surface area is 137 Å². The highest BCUT2D eigenvalue weighted by Crippen LogP contribution is 2.24. The van der Waals surface area contributed by atoms with Crippen molar-refractivity contribution in [3.8, 4) is 0 Å². The molecule has 0 aliphatic rings. The Hall–Kier alpha value is -1.04. The van der Waals surface area contributed by atoms with E-state index in [1.807, 2.05) is 18.4 Å². The topological polar surface area (TPSA) is 47.8 Å². The number of rotatable bonds is 6. The van der Waals surface area contributed by atoms with Crippen LogP contribution >= 0.6 is 35.0 Å². The lowest BCUT2D eigenvalue weighted by Crippen LogP contribution is -2.06. The number of hydrogen-bond donors (Lipinski definition) is 0. The van der Waals surface area contributed by atoms with Gasteiger partial charge in [0.05, 0.1) is 10.8 Å². The van der Waals surface area contributed by atoms with Crippen LogP contribution in [0.5, 0.6) is 0 Å². The fourth-order valence-electron chi connectivity index (χ4n) is 1.93. The van der Waals surface area contributed by atoms with Crippen LogP contribution in [0.15, 0.2) is 23.4 Å². The maximum Gasteiger partial charge on any atom is 0.191 e. The highest BCUT2D eigenvalue weighted by molar-refractivity contribution is 7.99. The Morgan fingerprint density at radius 3 is 2.67 bits per heavy atom. The van der Waals surface area contributed by atoms with Crippen LogP contribution in [0.2, 0.25) is 10.0 Å². The zero-order valence-electron chi connectivity index (χ0n) is 11.8. The molecule has 1 heterocycles. The molecule has 0 fully saturated rings. The molecule has 2 rings (SSSR count). The summed E-state index contributed by atoms with van der Waals surface area (Å²) >= 11 is 13.2. The van der Waals surface area contributed by atoms with Crippen molar-refractivity contribution in [1.82, 2.24) is 14.8 Å². The lowest BCUT2D eigenvalue weighted by molar-refractivity contribution is 0.102. The van der Waals surface area contributed by atoms with Gasteiger partial charge in [-0.2, -0.15) is 0 Å². The van der Waals surface area contributed by atoms with Crippen LogP contribution in [-0.4, -0.2) is 26.3 Å². The van der Waals surface area contributed by atoms with E-state index in [4.69, 9.17) is 23.2 Å². The average Bonchev–Trinajstić information content (AvgIpc) is 2.86. The molecule has 1 aromatic heterocycles. The van der Waals surface area contributed by atoms with E-state index < -0.39 is 0 Å². The van der Waals surface area contributed by atoms with Crippen LogP contribution in [0.1, 0.15) is 30.0 Å². The summed E-state index contributed by atoms with van der Waals surface area (Å²) in [4.78, 5) is 12.2. The van der Waals surface area contributed by atoms with Crippen molar-refractivity contribution in [1.29, 1.82) is 0 Å². The third kappa shape index (κ3) is 3.78. The van der Waals surface area contributed by atoms with E-state index in [-0.39, 0.29) is 11.5 Å². The summed E-state index contributed by atoms with van der Waals surface area (Å²) in [5, 5.41) is 9.90. The molecular weight excluding hydrogens is 329 g/mol. The van der Waals surface area contributed by atoms with Crippen LogP contribution in [0, 0.1) is 0 Å². The lowest BCUT2D eigenvalue weighted by Gasteiger charge is -2.06. The van der Waals surface area contributed by atoms with Gasteiger partial charge >= 0.3 is 0 Å². The van der Waals surface area contributed by atoms with E-state index in [2.05, 4.69) is 10.2 Å². The van der Waals surface area contributed by atoms with E-state index in [0.717, 1.165) is 23.9 Å². The van der Waals surface area contributed by atoms with Crippen molar-refractivity contribution in [2.75, 3.05) is 5.75 Å². The molecule has 21 heavy (non-hydrogen) atoms. The van der Waals surface area contributed by atoms with Crippen molar-refractivity contribution < 1.29 is 4.79 Å². The highest BCUT2D eigenvalue weighted by Gasteiger charge is 2.15. The number of aryl methyl sites for hydroxylation is 1. The minimum Gasteiger partial charge on any atom is -0.306 e. The molecule has 0 N–H and O–H groups in total. The van der Waals surface area contributed by atoms with Crippen molar-refractivity contribution in [2.45, 2.75) is 32.0 Å². The SMILES string of the molecule is CCc1nnc(SCC(=O)c2ccc(Cl)cc2Cl)n1CC. The van der Waals surface area contributed by atoms with Crippen molar-refractivity contribution >= 4 is 40.7 Å². The Kier molecular flexibility index (Phi) is 5.67. The van der Waals surface area contributed by atoms with Crippen LogP contribution < -0.4 is 0 Å². The third-order valence-electron chi connectivity index (χ3n) is 2.99. The molecule has 0 bridgehead atoms. The molecule has 0 unspecified atom stereocenters. The first kappa shape index (κ1) is 16.3. The van der Waals surface area contributed by atoms with Gasteiger partial charge in [-0.05, 0) is 25.1 Å². The molecular formula is C14H15Cl2N3OS. The first-order valence-corrected chi connectivity index (χ1v) is 8.34. The predicted octanol–water partition coefficient (Wildman–Crippen LogP) is 4.14. The first-order chi connectivity index (χ1) is 10.1. The number of benzene rings is 1. The minimum absolute atomic E-state index is 0.0506. The maximum absolute atomic E-state index is 12.2. The number of carbonyl (C=O) groups is 1. The monoisotopic (exact) mass is 343 g/mol. The fourth-order valence-corrected chi connectivity index (χ4v) is 3.35. The number of thioether (sulfide) groups is 1. The summed E-state index contributed by atoms with van der Waals surface area (Å²) in [7, 11) is 0. The predicted molar refractivity (Wildman–Crippen MR) is 86.6 cm³/mol. The molecule has 2 aromatic rings. The van der Waals surface area contributed by atoms with Gasteiger partial charge in [-0.25, -0.2) is 0 Å². The van der Waals surface area contributed by atoms with Gasteiger partial charge in [0.15, 0.2) is 10.9 Å². The normalized spacial score (nSPS) is 10.9. The Balaban J connectivity index is 2.09. The van der Waals surface area contributed by atoms with Gasteiger partial charge in [-0.15, -0.1) is 10.2 Å². The molecule has 0 aliphatic heterocycles. The van der Waals surface area contributed by atoms with E-state index in [9.17, 15) is 4.79 Å². The van der Waals surface area contributed by atoms with Crippen LogP contribution in [-0.2, 0) is 13.0 Å². The lowest BCUT2D eigenvalue weighted by atomic mass is 10.1. The maximum atomic E-state index is 12.2. The molecule has 0 spiro atoms. The largest absolute Gasteiger partial charge is 0.306 e. The van der Waals surface area contributed by atoms with Crippen molar-refractivity contribution in [3.05, 3.63) is 39.6 Å². The summed E-state index contributed by atoms with van der Waals surface area (Å²) < 4.78 is 2.02. The molecule has 0 saturated carbocycles. The molecule has 0 atom stereocenters. The summed E-state index contributed by atoms with van der Waals surface area (Å²) in [5.74, 6) is 1.14. The third-order valence-corrected chi connectivity index (χ3v) is 4.50. The number of carbonyl (C=O) groups excluding carboxylic acids is 1. The highest BCUT2D eigenvalue weighted by atomic mass is 35.5. The molecule has 4 nitrogen and oxygen atoms in total. The summed E-state index contributed by atoms with van der Waals surface area (Å²) in [6.45, 7) is 4.85. The van der Waals surface area contributed by atoms with Crippen LogP contribution in [0.4, 0.5) is 0 Å². The molecule has 7 heteroatoms. The fraction of sp³-hybridized carbons (Fsp3) is 0.357. The number of ketones is 1. The number of hydrogen-bond acceptors (Lipinski definition) is 4. The van der Waals surface area contributed by atoms with E-state index in [0.29, 0.717) is 15.6 Å². The van der Waals surface area contributed by atoms with Gasteiger partial charge in [-0.3, -0.25) is 4.79 Å². The van der Waals surface area contributed by atoms with Gasteiger partial charge in [0.2, 0.25) is 0 Å². The first-order valence-electron chi connectivity index (χ1n) is 6.59. The quantitative estimate of drug-likeness (QED) is 0.584. The van der Waals surface area contributed by atoms with E-state index >= 15 is 0 Å². The van der Waals surface area contributed by atoms with Crippen LogP contribution in [0.3, 0.4) is 0 Å². The molecule has 0 aliphatic carbocycles. The number of nitrogens with zero attached hydrogens (tertiary/aromatic N) is 3. The zero-order chi connectivity index (χ0) is 15.4. The van der Waals surface area contributed by atoms with Crippen molar-refractivity contribution in [2.24, 2.45) is 0 Å². The number of Topliss-reactive ketones (excluding diaryl/α,β-unsaturated/α-hetero) is 1. The van der Waals surface area contributed by atoms with E-state index in [1.54, 1.807) is 18.2 Å². The molecule has 0 radical (unpaired) electrons. The Morgan fingerprint density at radius 1 is 1.29 bits per heavy atom. The summed E-state index contributed by atoms with van der Waals surface area (Å²) in [6.07, 6.45) is 0.818. The second kappa shape index (κ2) is 7.29.